The number of carbonyl (C=O) groups excluding carboxylic acids is 1. The molecule has 1 aromatic rings. The van der Waals surface area contributed by atoms with Crippen LogP contribution in [-0.2, 0) is 4.79 Å². The highest BCUT2D eigenvalue weighted by molar-refractivity contribution is 5.91. The van der Waals surface area contributed by atoms with E-state index in [0.29, 0.717) is 36.8 Å². The van der Waals surface area contributed by atoms with Crippen molar-refractivity contribution < 1.29 is 14.3 Å². The Balaban J connectivity index is 2.63. The van der Waals surface area contributed by atoms with Gasteiger partial charge in [-0.15, -0.1) is 0 Å². The average molecular weight is 266 g/mol. The van der Waals surface area contributed by atoms with Gasteiger partial charge in [0.15, 0.2) is 11.5 Å². The molecule has 0 radical (unpaired) electrons. The first kappa shape index (κ1) is 15.3. The second kappa shape index (κ2) is 8.37. The van der Waals surface area contributed by atoms with Gasteiger partial charge in [-0.05, 0) is 25.6 Å². The van der Waals surface area contributed by atoms with Crippen molar-refractivity contribution >= 4 is 11.6 Å². The second-order valence-corrected chi connectivity index (χ2v) is 3.95. The van der Waals surface area contributed by atoms with Crippen LogP contribution in [0.1, 0.15) is 20.3 Å². The van der Waals surface area contributed by atoms with E-state index in [0.717, 1.165) is 6.54 Å². The van der Waals surface area contributed by atoms with E-state index < -0.39 is 0 Å². The maximum Gasteiger partial charge on any atom is 0.225 e. The van der Waals surface area contributed by atoms with E-state index >= 15 is 0 Å². The number of benzene rings is 1. The summed E-state index contributed by atoms with van der Waals surface area (Å²) in [5, 5.41) is 5.95. The Hall–Kier alpha value is -1.75. The first-order chi connectivity index (χ1) is 9.21. The molecule has 1 amide bonds. The summed E-state index contributed by atoms with van der Waals surface area (Å²) in [5.41, 5.74) is 0.714. The molecule has 0 aliphatic carbocycles. The number of hydrogen-bond acceptors (Lipinski definition) is 4. The Bertz CT molecular complexity index is 408. The first-order valence-corrected chi connectivity index (χ1v) is 6.52. The van der Waals surface area contributed by atoms with Gasteiger partial charge in [-0.1, -0.05) is 6.92 Å². The number of methoxy groups -OCH3 is 1. The number of ether oxygens (including phenoxy) is 2. The van der Waals surface area contributed by atoms with Crippen molar-refractivity contribution in [3.05, 3.63) is 18.2 Å². The van der Waals surface area contributed by atoms with Crippen LogP contribution in [0.15, 0.2) is 18.2 Å². The first-order valence-electron chi connectivity index (χ1n) is 6.52. The summed E-state index contributed by atoms with van der Waals surface area (Å²) in [6, 6.07) is 5.35. The van der Waals surface area contributed by atoms with Gasteiger partial charge in [0.2, 0.25) is 5.91 Å². The number of carbonyl (C=O) groups is 1. The fraction of sp³-hybridized carbons (Fsp3) is 0.500. The molecule has 0 aliphatic heterocycles. The third kappa shape index (κ3) is 5.18. The van der Waals surface area contributed by atoms with Crippen LogP contribution in [0.25, 0.3) is 0 Å². The fourth-order valence-corrected chi connectivity index (χ4v) is 1.62. The van der Waals surface area contributed by atoms with Gasteiger partial charge in [0.1, 0.15) is 0 Å². The highest BCUT2D eigenvalue weighted by atomic mass is 16.5. The Labute approximate surface area is 114 Å². The average Bonchev–Trinajstić information content (AvgIpc) is 2.40. The normalized spacial score (nSPS) is 10.1. The largest absolute Gasteiger partial charge is 0.493 e. The van der Waals surface area contributed by atoms with Gasteiger partial charge in [-0.3, -0.25) is 4.79 Å². The van der Waals surface area contributed by atoms with Crippen molar-refractivity contribution in [1.29, 1.82) is 0 Å². The quantitative estimate of drug-likeness (QED) is 0.707. The minimum atomic E-state index is -0.0198. The number of rotatable bonds is 8. The van der Waals surface area contributed by atoms with E-state index in [2.05, 4.69) is 10.6 Å². The lowest BCUT2D eigenvalue weighted by molar-refractivity contribution is -0.116. The number of nitrogens with one attached hydrogen (secondary N) is 2. The number of hydrogen-bond donors (Lipinski definition) is 2. The molecule has 106 valence electrons. The molecule has 0 bridgehead atoms. The van der Waals surface area contributed by atoms with Gasteiger partial charge in [0.25, 0.3) is 0 Å². The molecule has 5 heteroatoms. The molecular formula is C14H22N2O3. The van der Waals surface area contributed by atoms with Crippen LogP contribution >= 0.6 is 0 Å². The van der Waals surface area contributed by atoms with Crippen molar-refractivity contribution in [2.75, 3.05) is 32.1 Å². The molecule has 1 aromatic carbocycles. The lowest BCUT2D eigenvalue weighted by Crippen LogP contribution is -2.21. The summed E-state index contributed by atoms with van der Waals surface area (Å²) in [6.45, 7) is 6.01. The topological polar surface area (TPSA) is 59.6 Å². The zero-order chi connectivity index (χ0) is 14.1. The summed E-state index contributed by atoms with van der Waals surface area (Å²) in [7, 11) is 1.59. The van der Waals surface area contributed by atoms with E-state index in [1.165, 1.54) is 0 Å². The zero-order valence-electron chi connectivity index (χ0n) is 11.8. The molecule has 2 N–H and O–H groups in total. The van der Waals surface area contributed by atoms with Gasteiger partial charge in [-0.25, -0.2) is 0 Å². The van der Waals surface area contributed by atoms with Crippen LogP contribution < -0.4 is 20.1 Å². The van der Waals surface area contributed by atoms with Crippen molar-refractivity contribution in [3.8, 4) is 11.5 Å². The Morgan fingerprint density at radius 2 is 2.05 bits per heavy atom. The predicted octanol–water partition coefficient (Wildman–Crippen LogP) is 2.03. The molecule has 19 heavy (non-hydrogen) atoms. The van der Waals surface area contributed by atoms with E-state index in [9.17, 15) is 4.79 Å². The molecule has 0 saturated heterocycles. The highest BCUT2D eigenvalue weighted by Crippen LogP contribution is 2.30. The van der Waals surface area contributed by atoms with Gasteiger partial charge in [0.05, 0.1) is 13.7 Å². The molecular weight excluding hydrogens is 244 g/mol. The number of amides is 1. The van der Waals surface area contributed by atoms with Crippen LogP contribution in [0.3, 0.4) is 0 Å². The molecule has 0 atom stereocenters. The standard InChI is InChI=1S/C14H22N2O3/c1-4-15-9-8-14(17)16-11-6-7-12(18-3)13(10-11)19-5-2/h6-7,10,15H,4-5,8-9H2,1-3H3,(H,16,17). The van der Waals surface area contributed by atoms with Crippen molar-refractivity contribution in [2.24, 2.45) is 0 Å². The van der Waals surface area contributed by atoms with Crippen molar-refractivity contribution in [1.82, 2.24) is 5.32 Å². The summed E-state index contributed by atoms with van der Waals surface area (Å²) >= 11 is 0. The van der Waals surface area contributed by atoms with E-state index in [1.54, 1.807) is 25.3 Å². The zero-order valence-corrected chi connectivity index (χ0v) is 11.8. The molecule has 0 heterocycles. The fourth-order valence-electron chi connectivity index (χ4n) is 1.62. The third-order valence-electron chi connectivity index (χ3n) is 2.53. The molecule has 0 saturated carbocycles. The van der Waals surface area contributed by atoms with Gasteiger partial charge >= 0.3 is 0 Å². The van der Waals surface area contributed by atoms with E-state index in [1.807, 2.05) is 13.8 Å². The predicted molar refractivity (Wildman–Crippen MR) is 76.0 cm³/mol. The maximum atomic E-state index is 11.7. The molecule has 0 aliphatic rings. The van der Waals surface area contributed by atoms with Crippen molar-refractivity contribution in [2.45, 2.75) is 20.3 Å². The molecule has 0 fully saturated rings. The van der Waals surface area contributed by atoms with Crippen LogP contribution in [0.5, 0.6) is 11.5 Å². The summed E-state index contributed by atoms with van der Waals surface area (Å²) in [6.07, 6.45) is 0.448. The molecule has 0 aromatic heterocycles. The Morgan fingerprint density at radius 1 is 1.26 bits per heavy atom. The maximum absolute atomic E-state index is 11.7. The minimum absolute atomic E-state index is 0.0198. The second-order valence-electron chi connectivity index (χ2n) is 3.95. The van der Waals surface area contributed by atoms with E-state index in [-0.39, 0.29) is 5.91 Å². The minimum Gasteiger partial charge on any atom is -0.493 e. The third-order valence-corrected chi connectivity index (χ3v) is 2.53. The lowest BCUT2D eigenvalue weighted by Gasteiger charge is -2.12. The van der Waals surface area contributed by atoms with E-state index in [4.69, 9.17) is 9.47 Å². The van der Waals surface area contributed by atoms with Crippen LogP contribution in [0.2, 0.25) is 0 Å². The molecule has 1 rings (SSSR count). The Morgan fingerprint density at radius 3 is 2.68 bits per heavy atom. The molecule has 0 unspecified atom stereocenters. The van der Waals surface area contributed by atoms with Gasteiger partial charge < -0.3 is 20.1 Å². The highest BCUT2D eigenvalue weighted by Gasteiger charge is 2.07. The summed E-state index contributed by atoms with van der Waals surface area (Å²) in [5.74, 6) is 1.27. The SMILES string of the molecule is CCNCCC(=O)Nc1ccc(OC)c(OCC)c1. The van der Waals surface area contributed by atoms with Crippen LogP contribution in [0.4, 0.5) is 5.69 Å². The smallest absolute Gasteiger partial charge is 0.225 e. The van der Waals surface area contributed by atoms with Gasteiger partial charge in [0, 0.05) is 24.7 Å². The van der Waals surface area contributed by atoms with Crippen LogP contribution in [0, 0.1) is 0 Å². The Kier molecular flexibility index (Phi) is 6.74. The lowest BCUT2D eigenvalue weighted by atomic mass is 10.2. The molecule has 5 nitrogen and oxygen atoms in total. The number of anilines is 1. The summed E-state index contributed by atoms with van der Waals surface area (Å²) in [4.78, 5) is 11.7. The van der Waals surface area contributed by atoms with Gasteiger partial charge in [-0.2, -0.15) is 0 Å². The monoisotopic (exact) mass is 266 g/mol. The summed E-state index contributed by atoms with van der Waals surface area (Å²) < 4.78 is 10.6. The van der Waals surface area contributed by atoms with Crippen molar-refractivity contribution in [3.63, 3.8) is 0 Å². The molecule has 0 spiro atoms. The van der Waals surface area contributed by atoms with Crippen LogP contribution in [-0.4, -0.2) is 32.7 Å².